The maximum absolute atomic E-state index is 13.0. The first-order chi connectivity index (χ1) is 15.4. The first-order valence-electron chi connectivity index (χ1n) is 11.7. The average Bonchev–Trinajstić information content (AvgIpc) is 2.92. The maximum Gasteiger partial charge on any atom is 0.242 e. The van der Waals surface area contributed by atoms with E-state index in [0.29, 0.717) is 62.6 Å². The summed E-state index contributed by atoms with van der Waals surface area (Å²) in [6, 6.07) is 7.35. The van der Waals surface area contributed by atoms with Crippen molar-refractivity contribution in [1.29, 1.82) is 0 Å². The minimum atomic E-state index is -0.0995. The van der Waals surface area contributed by atoms with Gasteiger partial charge in [0.2, 0.25) is 17.7 Å². The summed E-state index contributed by atoms with van der Waals surface area (Å²) in [6.45, 7) is 9.33. The zero-order valence-corrected chi connectivity index (χ0v) is 19.2. The van der Waals surface area contributed by atoms with E-state index in [1.807, 2.05) is 29.2 Å². The molecule has 2 fully saturated rings. The van der Waals surface area contributed by atoms with E-state index in [4.69, 9.17) is 4.74 Å². The van der Waals surface area contributed by atoms with Gasteiger partial charge in [0.25, 0.3) is 0 Å². The van der Waals surface area contributed by atoms with Gasteiger partial charge in [-0.05, 0) is 30.4 Å². The molecule has 32 heavy (non-hydrogen) atoms. The Hall–Kier alpha value is -2.61. The topological polar surface area (TPSA) is 73.4 Å². The molecule has 3 amide bonds. The number of hydrogen-bond acceptors (Lipinski definition) is 5. The highest BCUT2D eigenvalue weighted by Gasteiger charge is 2.30. The van der Waals surface area contributed by atoms with Gasteiger partial charge >= 0.3 is 0 Å². The van der Waals surface area contributed by atoms with Crippen LogP contribution in [0.15, 0.2) is 24.3 Å². The summed E-state index contributed by atoms with van der Waals surface area (Å²) in [6.07, 6.45) is 1.44. The van der Waals surface area contributed by atoms with Crippen molar-refractivity contribution in [3.05, 3.63) is 24.3 Å². The third-order valence-corrected chi connectivity index (χ3v) is 6.63. The highest BCUT2D eigenvalue weighted by Crippen LogP contribution is 2.31. The first kappa shape index (κ1) is 22.6. The first-order valence-corrected chi connectivity index (χ1v) is 11.7. The van der Waals surface area contributed by atoms with Crippen molar-refractivity contribution in [2.75, 3.05) is 63.9 Å². The summed E-state index contributed by atoms with van der Waals surface area (Å²) in [4.78, 5) is 45.8. The van der Waals surface area contributed by atoms with Gasteiger partial charge in [-0.2, -0.15) is 0 Å². The van der Waals surface area contributed by atoms with Gasteiger partial charge in [0.1, 0.15) is 12.3 Å². The molecular formula is C24H34N4O4. The van der Waals surface area contributed by atoms with Crippen molar-refractivity contribution < 1.29 is 19.1 Å². The van der Waals surface area contributed by atoms with Crippen molar-refractivity contribution >= 4 is 23.4 Å². The lowest BCUT2D eigenvalue weighted by atomic mass is 9.92. The Bertz CT molecular complexity index is 842. The van der Waals surface area contributed by atoms with Gasteiger partial charge in [-0.1, -0.05) is 26.0 Å². The fourth-order valence-corrected chi connectivity index (χ4v) is 5.04. The van der Waals surface area contributed by atoms with Gasteiger partial charge in [-0.25, -0.2) is 0 Å². The predicted octanol–water partition coefficient (Wildman–Crippen LogP) is 1.45. The third kappa shape index (κ3) is 5.23. The third-order valence-electron chi connectivity index (χ3n) is 6.63. The molecule has 3 heterocycles. The SMILES string of the molecule is C[C@@H]1C[C@H](C)CN(C(=O)CN2CCN(C(=O)CN3C(=O)CCOc4ccccc43)CC2)C1. The van der Waals surface area contributed by atoms with E-state index in [2.05, 4.69) is 18.7 Å². The van der Waals surface area contributed by atoms with E-state index in [-0.39, 0.29) is 30.7 Å². The average molecular weight is 443 g/mol. The van der Waals surface area contributed by atoms with E-state index in [1.54, 1.807) is 9.80 Å². The number of piperazine rings is 1. The lowest BCUT2D eigenvalue weighted by Gasteiger charge is -2.38. The van der Waals surface area contributed by atoms with Crippen LogP contribution < -0.4 is 9.64 Å². The molecule has 8 nitrogen and oxygen atoms in total. The van der Waals surface area contributed by atoms with Crippen molar-refractivity contribution in [2.45, 2.75) is 26.7 Å². The van der Waals surface area contributed by atoms with Gasteiger partial charge in [0.05, 0.1) is 25.3 Å². The molecule has 0 spiro atoms. The van der Waals surface area contributed by atoms with Crippen LogP contribution >= 0.6 is 0 Å². The van der Waals surface area contributed by atoms with Gasteiger partial charge in [0.15, 0.2) is 0 Å². The van der Waals surface area contributed by atoms with Crippen LogP contribution in [0.4, 0.5) is 5.69 Å². The Balaban J connectivity index is 1.29. The van der Waals surface area contributed by atoms with Gasteiger partial charge in [-0.3, -0.25) is 24.2 Å². The molecule has 2 saturated heterocycles. The zero-order chi connectivity index (χ0) is 22.7. The van der Waals surface area contributed by atoms with Crippen molar-refractivity contribution in [3.8, 4) is 5.75 Å². The van der Waals surface area contributed by atoms with E-state index in [9.17, 15) is 14.4 Å². The van der Waals surface area contributed by atoms with E-state index >= 15 is 0 Å². The fraction of sp³-hybridized carbons (Fsp3) is 0.625. The van der Waals surface area contributed by atoms with E-state index < -0.39 is 0 Å². The van der Waals surface area contributed by atoms with Crippen molar-refractivity contribution in [2.24, 2.45) is 11.8 Å². The molecule has 4 rings (SSSR count). The highest BCUT2D eigenvalue weighted by atomic mass is 16.5. The molecular weight excluding hydrogens is 408 g/mol. The number of carbonyl (C=O) groups is 3. The molecule has 8 heteroatoms. The van der Waals surface area contributed by atoms with Crippen molar-refractivity contribution in [1.82, 2.24) is 14.7 Å². The summed E-state index contributed by atoms with van der Waals surface area (Å²) in [5.74, 6) is 1.76. The fourth-order valence-electron chi connectivity index (χ4n) is 5.04. The quantitative estimate of drug-likeness (QED) is 0.706. The van der Waals surface area contributed by atoms with Crippen LogP contribution in [0.25, 0.3) is 0 Å². The highest BCUT2D eigenvalue weighted by molar-refractivity contribution is 6.00. The lowest BCUT2D eigenvalue weighted by Crippen LogP contribution is -2.54. The molecule has 0 N–H and O–H groups in total. The number of amides is 3. The van der Waals surface area contributed by atoms with Gasteiger partial charge < -0.3 is 14.5 Å². The molecule has 0 unspecified atom stereocenters. The number of anilines is 1. The molecule has 1 aromatic carbocycles. The summed E-state index contributed by atoms with van der Waals surface area (Å²) in [7, 11) is 0. The molecule has 0 bridgehead atoms. The molecule has 0 aromatic heterocycles. The standard InChI is InChI=1S/C24H34N4O4/c1-18-13-19(2)15-27(14-18)23(30)16-25-8-10-26(11-9-25)24(31)17-28-20-5-3-4-6-21(20)32-12-7-22(28)29/h3-6,18-19H,7-17H2,1-2H3/t18-,19+. The monoisotopic (exact) mass is 442 g/mol. The lowest BCUT2D eigenvalue weighted by molar-refractivity contribution is -0.137. The molecule has 0 saturated carbocycles. The number of piperidine rings is 1. The minimum absolute atomic E-state index is 0.0156. The van der Waals surface area contributed by atoms with Crippen LogP contribution in [0.2, 0.25) is 0 Å². The summed E-state index contributed by atoms with van der Waals surface area (Å²) < 4.78 is 5.66. The number of fused-ring (bicyclic) bond motifs is 1. The number of likely N-dealkylation sites (tertiary alicyclic amines) is 1. The Kier molecular flexibility index (Phi) is 6.98. The Labute approximate surface area is 190 Å². The molecule has 3 aliphatic rings. The zero-order valence-electron chi connectivity index (χ0n) is 19.2. The molecule has 2 atom stereocenters. The van der Waals surface area contributed by atoms with Crippen LogP contribution in [-0.2, 0) is 14.4 Å². The van der Waals surface area contributed by atoms with Gasteiger partial charge in [-0.15, -0.1) is 0 Å². The van der Waals surface area contributed by atoms with Gasteiger partial charge in [0, 0.05) is 39.3 Å². The number of carbonyl (C=O) groups excluding carboxylic acids is 3. The number of hydrogen-bond donors (Lipinski definition) is 0. The van der Waals surface area contributed by atoms with Crippen LogP contribution in [0, 0.1) is 11.8 Å². The summed E-state index contributed by atoms with van der Waals surface area (Å²) in [5, 5.41) is 0. The molecule has 0 aliphatic carbocycles. The molecule has 3 aliphatic heterocycles. The largest absolute Gasteiger partial charge is 0.491 e. The van der Waals surface area contributed by atoms with Crippen LogP contribution in [0.1, 0.15) is 26.7 Å². The smallest absolute Gasteiger partial charge is 0.242 e. The number of nitrogens with zero attached hydrogens (tertiary/aromatic N) is 4. The van der Waals surface area contributed by atoms with E-state index in [1.165, 1.54) is 6.42 Å². The Morgan fingerprint density at radius 1 is 0.938 bits per heavy atom. The second kappa shape index (κ2) is 9.90. The predicted molar refractivity (Wildman–Crippen MR) is 121 cm³/mol. The number of rotatable bonds is 4. The normalized spacial score (nSPS) is 24.6. The molecule has 1 aromatic rings. The second-order valence-corrected chi connectivity index (χ2v) is 9.45. The van der Waals surface area contributed by atoms with Crippen LogP contribution in [0.3, 0.4) is 0 Å². The minimum Gasteiger partial charge on any atom is -0.491 e. The van der Waals surface area contributed by atoms with Crippen LogP contribution in [0.5, 0.6) is 5.75 Å². The Morgan fingerprint density at radius 2 is 1.59 bits per heavy atom. The molecule has 174 valence electrons. The molecule has 0 radical (unpaired) electrons. The summed E-state index contributed by atoms with van der Waals surface area (Å²) >= 11 is 0. The Morgan fingerprint density at radius 3 is 2.31 bits per heavy atom. The number of para-hydroxylation sites is 2. The second-order valence-electron chi connectivity index (χ2n) is 9.45. The number of ether oxygens (including phenoxy) is 1. The summed E-state index contributed by atoms with van der Waals surface area (Å²) in [5.41, 5.74) is 0.651. The van der Waals surface area contributed by atoms with Crippen molar-refractivity contribution in [3.63, 3.8) is 0 Å². The van der Waals surface area contributed by atoms with E-state index in [0.717, 1.165) is 13.1 Å². The number of benzene rings is 1. The maximum atomic E-state index is 13.0. The van der Waals surface area contributed by atoms with Crippen LogP contribution in [-0.4, -0.2) is 91.4 Å².